The molecule has 1 heterocycles. The zero-order chi connectivity index (χ0) is 20.9. The fraction of sp³-hybridized carbons (Fsp3) is 0.200. The molecule has 2 aromatic carbocycles. The average Bonchev–Trinajstić information content (AvgIpc) is 3.08. The third-order valence-corrected chi connectivity index (χ3v) is 5.35. The number of pyridine rings is 1. The minimum atomic E-state index is -0.412. The van der Waals surface area contributed by atoms with Crippen molar-refractivity contribution in [1.82, 2.24) is 10.3 Å². The van der Waals surface area contributed by atoms with Crippen LogP contribution in [0.25, 0.3) is 17.2 Å². The number of amides is 1. The van der Waals surface area contributed by atoms with E-state index in [-0.39, 0.29) is 11.5 Å². The Morgan fingerprint density at radius 3 is 2.43 bits per heavy atom. The summed E-state index contributed by atoms with van der Waals surface area (Å²) in [6, 6.07) is 18.4. The van der Waals surface area contributed by atoms with Gasteiger partial charge in [0.25, 0.3) is 5.56 Å². The second kappa shape index (κ2) is 8.82. The first-order valence-electron chi connectivity index (χ1n) is 10.1. The molecule has 1 aromatic heterocycles. The van der Waals surface area contributed by atoms with Gasteiger partial charge in [-0.05, 0) is 47.2 Å². The lowest BCUT2D eigenvalue weighted by molar-refractivity contribution is 0.143. The quantitative estimate of drug-likeness (QED) is 0.593. The maximum absolute atomic E-state index is 12.1. The number of benzene rings is 2. The second-order valence-electron chi connectivity index (χ2n) is 7.39. The van der Waals surface area contributed by atoms with E-state index in [2.05, 4.69) is 34.6 Å². The van der Waals surface area contributed by atoms with Crippen LogP contribution in [-0.2, 0) is 4.74 Å². The monoisotopic (exact) mass is 400 g/mol. The molecule has 4 rings (SSSR count). The number of hydrogen-bond donors (Lipinski definition) is 2. The van der Waals surface area contributed by atoms with Crippen LogP contribution in [-0.4, -0.2) is 24.2 Å². The zero-order valence-electron chi connectivity index (χ0n) is 16.9. The molecular weight excluding hydrogens is 376 g/mol. The topological polar surface area (TPSA) is 71.2 Å². The summed E-state index contributed by atoms with van der Waals surface area (Å²) in [6.45, 7) is 2.57. The number of H-pyrrole nitrogens is 1. The Kier molecular flexibility index (Phi) is 5.80. The Morgan fingerprint density at radius 2 is 1.77 bits per heavy atom. The van der Waals surface area contributed by atoms with Crippen LogP contribution in [0.2, 0.25) is 0 Å². The third-order valence-electron chi connectivity index (χ3n) is 5.35. The van der Waals surface area contributed by atoms with Gasteiger partial charge in [-0.15, -0.1) is 0 Å². The summed E-state index contributed by atoms with van der Waals surface area (Å²) in [5, 5.41) is 2.79. The summed E-state index contributed by atoms with van der Waals surface area (Å²) in [6.07, 6.45) is 5.80. The molecule has 152 valence electrons. The van der Waals surface area contributed by atoms with Crippen LogP contribution in [0.4, 0.5) is 4.79 Å². The zero-order valence-corrected chi connectivity index (χ0v) is 16.9. The van der Waals surface area contributed by atoms with E-state index < -0.39 is 6.09 Å². The van der Waals surface area contributed by atoms with Crippen LogP contribution >= 0.6 is 0 Å². The average molecular weight is 400 g/mol. The summed E-state index contributed by atoms with van der Waals surface area (Å²) >= 11 is 0. The van der Waals surface area contributed by atoms with Gasteiger partial charge in [-0.3, -0.25) is 4.79 Å². The highest BCUT2D eigenvalue weighted by Gasteiger charge is 2.28. The molecule has 5 nitrogen and oxygen atoms in total. The largest absolute Gasteiger partial charge is 0.449 e. The van der Waals surface area contributed by atoms with Crippen molar-refractivity contribution in [3.63, 3.8) is 0 Å². The van der Waals surface area contributed by atoms with Crippen molar-refractivity contribution in [3.8, 4) is 11.1 Å². The van der Waals surface area contributed by atoms with Gasteiger partial charge in [-0.2, -0.15) is 0 Å². The highest BCUT2D eigenvalue weighted by molar-refractivity contribution is 5.79. The fourth-order valence-corrected chi connectivity index (χ4v) is 3.84. The van der Waals surface area contributed by atoms with Crippen molar-refractivity contribution in [2.45, 2.75) is 19.3 Å². The van der Waals surface area contributed by atoms with Crippen molar-refractivity contribution >= 4 is 12.2 Å². The van der Waals surface area contributed by atoms with Crippen molar-refractivity contribution in [2.24, 2.45) is 0 Å². The molecule has 0 unspecified atom stereocenters. The Bertz CT molecular complexity index is 1100. The lowest BCUT2D eigenvalue weighted by atomic mass is 9.98. The molecular formula is C25H24N2O3. The first kappa shape index (κ1) is 19.7. The molecule has 5 heteroatoms. The molecule has 0 atom stereocenters. The number of carbonyl (C=O) groups is 1. The van der Waals surface area contributed by atoms with Gasteiger partial charge in [0.15, 0.2) is 0 Å². The molecule has 1 amide bonds. The molecule has 0 radical (unpaired) electrons. The van der Waals surface area contributed by atoms with Crippen molar-refractivity contribution in [1.29, 1.82) is 0 Å². The summed E-state index contributed by atoms with van der Waals surface area (Å²) < 4.78 is 5.52. The van der Waals surface area contributed by atoms with Gasteiger partial charge >= 0.3 is 6.09 Å². The molecule has 0 aliphatic heterocycles. The molecule has 0 fully saturated rings. The van der Waals surface area contributed by atoms with E-state index in [4.69, 9.17) is 4.74 Å². The Hall–Kier alpha value is -3.60. The normalized spacial score (nSPS) is 12.6. The lowest BCUT2D eigenvalue weighted by Crippen LogP contribution is -2.26. The van der Waals surface area contributed by atoms with E-state index in [9.17, 15) is 9.59 Å². The molecule has 30 heavy (non-hydrogen) atoms. The smallest absolute Gasteiger partial charge is 0.407 e. The Labute approximate surface area is 175 Å². The molecule has 1 aliphatic carbocycles. The van der Waals surface area contributed by atoms with Gasteiger partial charge in [0.2, 0.25) is 0 Å². The fourth-order valence-electron chi connectivity index (χ4n) is 3.84. The van der Waals surface area contributed by atoms with Crippen LogP contribution in [0.1, 0.15) is 34.6 Å². The van der Waals surface area contributed by atoms with E-state index in [1.807, 2.05) is 42.5 Å². The number of rotatable bonds is 6. The number of aryl methyl sites for hydroxylation is 1. The number of aromatic nitrogens is 1. The number of hydrogen-bond acceptors (Lipinski definition) is 3. The molecule has 0 saturated heterocycles. The van der Waals surface area contributed by atoms with Crippen molar-refractivity contribution < 1.29 is 9.53 Å². The van der Waals surface area contributed by atoms with Gasteiger partial charge in [0.05, 0.1) is 0 Å². The van der Waals surface area contributed by atoms with Crippen LogP contribution in [0.3, 0.4) is 0 Å². The van der Waals surface area contributed by atoms with E-state index in [0.717, 1.165) is 5.56 Å². The van der Waals surface area contributed by atoms with Crippen molar-refractivity contribution in [3.05, 3.63) is 99.5 Å². The van der Waals surface area contributed by atoms with Gasteiger partial charge < -0.3 is 15.0 Å². The van der Waals surface area contributed by atoms with E-state index in [1.54, 1.807) is 13.1 Å². The number of ether oxygens (including phenoxy) is 1. The summed E-state index contributed by atoms with van der Waals surface area (Å²) in [5.41, 5.74) is 6.34. The number of nitrogens with one attached hydrogen (secondary N) is 2. The number of carbonyl (C=O) groups excluding carboxylic acids is 1. The second-order valence-corrected chi connectivity index (χ2v) is 7.39. The molecule has 0 bridgehead atoms. The van der Waals surface area contributed by atoms with Crippen LogP contribution in [0.15, 0.2) is 71.7 Å². The number of fused-ring (bicyclic) bond motifs is 3. The highest BCUT2D eigenvalue weighted by Crippen LogP contribution is 2.44. The van der Waals surface area contributed by atoms with E-state index in [0.29, 0.717) is 25.1 Å². The summed E-state index contributed by atoms with van der Waals surface area (Å²) in [4.78, 5) is 26.2. The van der Waals surface area contributed by atoms with Crippen LogP contribution in [0.5, 0.6) is 0 Å². The minimum absolute atomic E-state index is 0.0616. The first-order chi connectivity index (χ1) is 14.6. The van der Waals surface area contributed by atoms with Gasteiger partial charge in [-0.25, -0.2) is 4.79 Å². The van der Waals surface area contributed by atoms with Crippen LogP contribution in [0, 0.1) is 6.92 Å². The molecule has 3 aromatic rings. The van der Waals surface area contributed by atoms with Gasteiger partial charge in [0.1, 0.15) is 6.61 Å². The predicted molar refractivity (Wildman–Crippen MR) is 119 cm³/mol. The van der Waals surface area contributed by atoms with Gasteiger partial charge in [0, 0.05) is 24.2 Å². The lowest BCUT2D eigenvalue weighted by Gasteiger charge is -2.14. The van der Waals surface area contributed by atoms with Crippen molar-refractivity contribution in [2.75, 3.05) is 13.2 Å². The highest BCUT2D eigenvalue weighted by atomic mass is 16.5. The minimum Gasteiger partial charge on any atom is -0.449 e. The third kappa shape index (κ3) is 4.20. The first-order valence-corrected chi connectivity index (χ1v) is 10.1. The van der Waals surface area contributed by atoms with E-state index in [1.165, 1.54) is 22.3 Å². The number of alkyl carbamates (subject to hydrolysis) is 1. The maximum Gasteiger partial charge on any atom is 0.407 e. The van der Waals surface area contributed by atoms with Crippen LogP contribution < -0.4 is 10.9 Å². The van der Waals surface area contributed by atoms with E-state index >= 15 is 0 Å². The predicted octanol–water partition coefficient (Wildman–Crippen LogP) is 4.63. The SMILES string of the molecule is Cc1cc(C=CCCNC(=O)OCC2c3ccccc3-c3ccccc32)c[nH]c1=O. The molecule has 2 N–H and O–H groups in total. The summed E-state index contributed by atoms with van der Waals surface area (Å²) in [7, 11) is 0. The summed E-state index contributed by atoms with van der Waals surface area (Å²) in [5.74, 6) is 0.0616. The molecule has 0 saturated carbocycles. The van der Waals surface area contributed by atoms with Gasteiger partial charge in [-0.1, -0.05) is 60.7 Å². The maximum atomic E-state index is 12.1. The Balaban J connectivity index is 1.28. The molecule has 1 aliphatic rings. The number of aromatic amines is 1. The molecule has 0 spiro atoms. The Morgan fingerprint density at radius 1 is 1.10 bits per heavy atom. The standard InChI is InChI=1S/C25H24N2O3/c1-17-14-18(15-27-24(17)28)8-6-7-13-26-25(29)30-16-23-21-11-4-2-9-19(21)20-10-3-5-12-22(20)23/h2-6,8-12,14-15,23H,7,13,16H2,1H3,(H,26,29)(H,27,28).